The minimum atomic E-state index is -3.79. The molecule has 0 bridgehead atoms. The predicted molar refractivity (Wildman–Crippen MR) is 98.3 cm³/mol. The van der Waals surface area contributed by atoms with Gasteiger partial charge in [0.1, 0.15) is 23.1 Å². The van der Waals surface area contributed by atoms with E-state index >= 15 is 0 Å². The summed E-state index contributed by atoms with van der Waals surface area (Å²) in [6.07, 6.45) is 1.83. The first-order valence-electron chi connectivity index (χ1n) is 8.70. The quantitative estimate of drug-likeness (QED) is 0.833. The van der Waals surface area contributed by atoms with Gasteiger partial charge in [0.2, 0.25) is 0 Å². The van der Waals surface area contributed by atoms with E-state index in [0.29, 0.717) is 12.2 Å². The van der Waals surface area contributed by atoms with Crippen molar-refractivity contribution in [3.8, 4) is 0 Å². The monoisotopic (exact) mass is 413 g/mol. The minimum Gasteiger partial charge on any atom is -0.337 e. The van der Waals surface area contributed by atoms with E-state index in [9.17, 15) is 22.0 Å². The molecule has 2 heterocycles. The number of para-hydroxylation sites is 1. The number of imidazole rings is 1. The summed E-state index contributed by atoms with van der Waals surface area (Å²) in [5.41, 5.74) is -0.523. The lowest BCUT2D eigenvalue weighted by molar-refractivity contribution is 0.214. The van der Waals surface area contributed by atoms with Crippen molar-refractivity contribution in [1.29, 1.82) is 0 Å². The van der Waals surface area contributed by atoms with Crippen molar-refractivity contribution < 1.29 is 22.0 Å². The Hall–Kier alpha value is -2.53. The summed E-state index contributed by atoms with van der Waals surface area (Å²) in [6, 6.07) is 2.61. The van der Waals surface area contributed by atoms with E-state index in [-0.39, 0.29) is 31.2 Å². The molecule has 0 saturated carbocycles. The summed E-state index contributed by atoms with van der Waals surface area (Å²) < 4.78 is 55.9. The lowest BCUT2D eigenvalue weighted by Crippen LogP contribution is -2.39. The molecular weight excluding hydrogens is 392 g/mol. The Morgan fingerprint density at radius 1 is 1.14 bits per heavy atom. The molecule has 8 nitrogen and oxygen atoms in total. The largest absolute Gasteiger partial charge is 0.337 e. The molecule has 1 saturated heterocycles. The molecule has 3 rings (SSSR count). The van der Waals surface area contributed by atoms with E-state index in [2.05, 4.69) is 10.3 Å². The van der Waals surface area contributed by atoms with Crippen molar-refractivity contribution in [3.63, 3.8) is 0 Å². The molecule has 152 valence electrons. The maximum Gasteiger partial charge on any atom is 0.322 e. The number of sulfonamides is 1. The number of halogens is 2. The topological polar surface area (TPSA) is 87.5 Å². The molecule has 0 atom stereocenters. The highest BCUT2D eigenvalue weighted by atomic mass is 32.2. The van der Waals surface area contributed by atoms with Gasteiger partial charge in [0.25, 0.3) is 10.0 Å². The van der Waals surface area contributed by atoms with Crippen molar-refractivity contribution in [1.82, 2.24) is 18.8 Å². The Labute approximate surface area is 161 Å². The minimum absolute atomic E-state index is 0.0428. The first kappa shape index (κ1) is 20.2. The summed E-state index contributed by atoms with van der Waals surface area (Å²) >= 11 is 0. The second-order valence-electron chi connectivity index (χ2n) is 6.51. The second kappa shape index (κ2) is 7.84. The highest BCUT2D eigenvalue weighted by molar-refractivity contribution is 7.89. The molecule has 1 N–H and O–H groups in total. The molecule has 1 aromatic carbocycles. The third kappa shape index (κ3) is 3.99. The van der Waals surface area contributed by atoms with E-state index in [0.717, 1.165) is 12.1 Å². The van der Waals surface area contributed by atoms with Crippen LogP contribution in [0.3, 0.4) is 0 Å². The standard InChI is InChI=1S/C17H21F2N5O3S/c1-12-20-15(11-22(12)2)28(26,27)24-8-4-7-23(9-10-24)17(25)21-16-13(18)5-3-6-14(16)19/h3,5-6,11H,4,7-10H2,1-2H3,(H,21,25). The maximum absolute atomic E-state index is 13.7. The number of nitrogens with one attached hydrogen (secondary N) is 1. The number of amides is 2. The number of aromatic nitrogens is 2. The molecule has 1 aromatic heterocycles. The Bertz CT molecular complexity index is 953. The summed E-state index contributed by atoms with van der Waals surface area (Å²) in [5.74, 6) is -1.18. The van der Waals surface area contributed by atoms with Crippen LogP contribution in [0.4, 0.5) is 19.3 Å². The third-order valence-corrected chi connectivity index (χ3v) is 6.40. The zero-order valence-corrected chi connectivity index (χ0v) is 16.3. The van der Waals surface area contributed by atoms with Crippen molar-refractivity contribution in [3.05, 3.63) is 41.9 Å². The van der Waals surface area contributed by atoms with E-state index < -0.39 is 33.4 Å². The van der Waals surface area contributed by atoms with Crippen LogP contribution in [-0.2, 0) is 17.1 Å². The summed E-state index contributed by atoms with van der Waals surface area (Å²) in [6.45, 7) is 2.33. The van der Waals surface area contributed by atoms with Gasteiger partial charge in [-0.1, -0.05) is 6.07 Å². The van der Waals surface area contributed by atoms with Crippen LogP contribution < -0.4 is 5.32 Å². The van der Waals surface area contributed by atoms with Gasteiger partial charge in [-0.2, -0.15) is 4.31 Å². The third-order valence-electron chi connectivity index (χ3n) is 4.63. The maximum atomic E-state index is 13.7. The first-order chi connectivity index (χ1) is 13.2. The van der Waals surface area contributed by atoms with Crippen molar-refractivity contribution in [2.75, 3.05) is 31.5 Å². The van der Waals surface area contributed by atoms with Gasteiger partial charge < -0.3 is 14.8 Å². The van der Waals surface area contributed by atoms with Crippen LogP contribution >= 0.6 is 0 Å². The molecule has 0 radical (unpaired) electrons. The Kier molecular flexibility index (Phi) is 5.66. The van der Waals surface area contributed by atoms with Crippen LogP contribution in [0.5, 0.6) is 0 Å². The molecule has 0 spiro atoms. The summed E-state index contributed by atoms with van der Waals surface area (Å²) in [7, 11) is -2.08. The highest BCUT2D eigenvalue weighted by Crippen LogP contribution is 2.20. The number of carbonyl (C=O) groups is 1. The number of benzene rings is 1. The molecule has 28 heavy (non-hydrogen) atoms. The fourth-order valence-electron chi connectivity index (χ4n) is 2.92. The fourth-order valence-corrected chi connectivity index (χ4v) is 4.42. The molecule has 1 aliphatic rings. The van der Waals surface area contributed by atoms with Crippen molar-refractivity contribution in [2.45, 2.75) is 18.4 Å². The van der Waals surface area contributed by atoms with E-state index in [4.69, 9.17) is 0 Å². The average molecular weight is 413 g/mol. The number of hydrogen-bond donors (Lipinski definition) is 1. The molecule has 1 aliphatic heterocycles. The SMILES string of the molecule is Cc1nc(S(=O)(=O)N2CCCN(C(=O)Nc3c(F)cccc3F)CC2)cn1C. The number of aryl methyl sites for hydroxylation is 2. The van der Waals surface area contributed by atoms with Crippen molar-refractivity contribution in [2.24, 2.45) is 7.05 Å². The number of hydrogen-bond acceptors (Lipinski definition) is 4. The normalized spacial score (nSPS) is 16.1. The molecule has 0 aliphatic carbocycles. The van der Waals surface area contributed by atoms with Gasteiger partial charge in [0.15, 0.2) is 5.03 Å². The van der Waals surface area contributed by atoms with Crippen LogP contribution in [0.1, 0.15) is 12.2 Å². The lowest BCUT2D eigenvalue weighted by atomic mass is 10.3. The van der Waals surface area contributed by atoms with Gasteiger partial charge in [-0.25, -0.2) is 27.0 Å². The molecule has 1 fully saturated rings. The summed E-state index contributed by atoms with van der Waals surface area (Å²) in [4.78, 5) is 17.8. The molecular formula is C17H21F2N5O3S. The molecule has 11 heteroatoms. The van der Waals surface area contributed by atoms with Crippen LogP contribution in [0.25, 0.3) is 0 Å². The number of anilines is 1. The summed E-state index contributed by atoms with van der Waals surface area (Å²) in [5, 5.41) is 2.18. The van der Waals surface area contributed by atoms with Crippen LogP contribution in [0.15, 0.2) is 29.4 Å². The van der Waals surface area contributed by atoms with Crippen LogP contribution in [-0.4, -0.2) is 59.4 Å². The smallest absolute Gasteiger partial charge is 0.322 e. The van der Waals surface area contributed by atoms with Gasteiger partial charge in [-0.05, 0) is 25.5 Å². The fraction of sp³-hybridized carbons (Fsp3) is 0.412. The zero-order chi connectivity index (χ0) is 20.5. The Morgan fingerprint density at radius 2 is 1.82 bits per heavy atom. The van der Waals surface area contributed by atoms with Gasteiger partial charge >= 0.3 is 6.03 Å². The average Bonchev–Trinajstić information content (AvgIpc) is 2.85. The molecule has 0 unspecified atom stereocenters. The van der Waals surface area contributed by atoms with Gasteiger partial charge in [-0.15, -0.1) is 0 Å². The van der Waals surface area contributed by atoms with E-state index in [1.807, 2.05) is 0 Å². The van der Waals surface area contributed by atoms with Crippen LogP contribution in [0, 0.1) is 18.6 Å². The van der Waals surface area contributed by atoms with Gasteiger partial charge in [0, 0.05) is 39.4 Å². The lowest BCUT2D eigenvalue weighted by Gasteiger charge is -2.22. The van der Waals surface area contributed by atoms with Gasteiger partial charge in [0.05, 0.1) is 0 Å². The molecule has 2 aromatic rings. The van der Waals surface area contributed by atoms with Gasteiger partial charge in [-0.3, -0.25) is 0 Å². The highest BCUT2D eigenvalue weighted by Gasteiger charge is 2.30. The number of nitrogens with zero attached hydrogens (tertiary/aromatic N) is 4. The predicted octanol–water partition coefficient (Wildman–Crippen LogP) is 1.94. The number of urea groups is 1. The molecule has 2 amide bonds. The zero-order valence-electron chi connectivity index (χ0n) is 15.5. The number of rotatable bonds is 3. The van der Waals surface area contributed by atoms with E-state index in [1.165, 1.54) is 21.5 Å². The second-order valence-corrected chi connectivity index (χ2v) is 8.39. The Morgan fingerprint density at radius 3 is 2.43 bits per heavy atom. The van der Waals surface area contributed by atoms with Crippen molar-refractivity contribution >= 4 is 21.7 Å². The van der Waals surface area contributed by atoms with Crippen LogP contribution in [0.2, 0.25) is 0 Å². The Balaban J connectivity index is 1.70. The number of carbonyl (C=O) groups excluding carboxylic acids is 1. The van der Waals surface area contributed by atoms with E-state index in [1.54, 1.807) is 18.5 Å². The first-order valence-corrected chi connectivity index (χ1v) is 10.1.